The summed E-state index contributed by atoms with van der Waals surface area (Å²) >= 11 is 1.44. The van der Waals surface area contributed by atoms with Crippen molar-refractivity contribution in [3.8, 4) is 17.2 Å². The largest absolute Gasteiger partial charge is 0.493 e. The zero-order valence-electron chi connectivity index (χ0n) is 16.7. The molecule has 30 heavy (non-hydrogen) atoms. The van der Waals surface area contributed by atoms with Gasteiger partial charge in [0.1, 0.15) is 19.0 Å². The number of ether oxygens (including phenoxy) is 3. The van der Waals surface area contributed by atoms with E-state index in [4.69, 9.17) is 14.2 Å². The minimum atomic E-state index is -0.324. The quantitative estimate of drug-likeness (QED) is 0.496. The topological polar surface area (TPSA) is 62.0 Å². The average molecular weight is 420 g/mol. The van der Waals surface area contributed by atoms with E-state index in [-0.39, 0.29) is 5.91 Å². The summed E-state index contributed by atoms with van der Waals surface area (Å²) in [7, 11) is 1.90. The molecule has 0 radical (unpaired) electrons. The SMILES string of the molecule is CCOc1ccc2ccccc2c1C(=O)N=c1sc2cc3c(cc2n1C)OCCO3. The molecular formula is C23H20N2O4S. The van der Waals surface area contributed by atoms with Gasteiger partial charge >= 0.3 is 0 Å². The van der Waals surface area contributed by atoms with Crippen molar-refractivity contribution in [1.82, 2.24) is 4.57 Å². The average Bonchev–Trinajstić information content (AvgIpc) is 3.06. The number of fused-ring (bicyclic) bond motifs is 3. The number of nitrogens with zero attached hydrogens (tertiary/aromatic N) is 2. The molecule has 1 aromatic heterocycles. The van der Waals surface area contributed by atoms with Crippen molar-refractivity contribution in [3.05, 3.63) is 58.9 Å². The van der Waals surface area contributed by atoms with Crippen LogP contribution in [0.5, 0.6) is 17.2 Å². The van der Waals surface area contributed by atoms with Gasteiger partial charge in [-0.3, -0.25) is 4.79 Å². The molecule has 3 aromatic carbocycles. The third-order valence-corrected chi connectivity index (χ3v) is 6.17. The first-order valence-electron chi connectivity index (χ1n) is 9.78. The molecule has 0 saturated heterocycles. The van der Waals surface area contributed by atoms with Gasteiger partial charge in [0.2, 0.25) is 0 Å². The summed E-state index contributed by atoms with van der Waals surface area (Å²) in [6.45, 7) is 3.44. The molecule has 6 nitrogen and oxygen atoms in total. The molecule has 0 N–H and O–H groups in total. The predicted octanol–water partition coefficient (Wildman–Crippen LogP) is 4.30. The molecule has 1 aliphatic rings. The Bertz CT molecular complexity index is 1350. The second-order valence-electron chi connectivity index (χ2n) is 6.92. The summed E-state index contributed by atoms with van der Waals surface area (Å²) in [6, 6.07) is 15.4. The molecule has 7 heteroatoms. The van der Waals surface area contributed by atoms with Crippen molar-refractivity contribution in [2.24, 2.45) is 12.0 Å². The van der Waals surface area contributed by atoms with Crippen molar-refractivity contribution in [2.45, 2.75) is 6.92 Å². The zero-order valence-corrected chi connectivity index (χ0v) is 17.5. The zero-order chi connectivity index (χ0) is 20.7. The second-order valence-corrected chi connectivity index (χ2v) is 7.93. The number of carbonyl (C=O) groups excluding carboxylic acids is 1. The first kappa shape index (κ1) is 18.7. The predicted molar refractivity (Wildman–Crippen MR) is 117 cm³/mol. The minimum Gasteiger partial charge on any atom is -0.493 e. The van der Waals surface area contributed by atoms with Crippen LogP contribution in [0.3, 0.4) is 0 Å². The molecule has 152 valence electrons. The van der Waals surface area contributed by atoms with Gasteiger partial charge in [-0.25, -0.2) is 0 Å². The first-order valence-corrected chi connectivity index (χ1v) is 10.6. The number of benzene rings is 3. The van der Waals surface area contributed by atoms with Crippen LogP contribution in [0.15, 0.2) is 53.5 Å². The Morgan fingerprint density at radius 3 is 2.70 bits per heavy atom. The summed E-state index contributed by atoms with van der Waals surface area (Å²) in [5.41, 5.74) is 1.43. The van der Waals surface area contributed by atoms with Gasteiger partial charge in [-0.1, -0.05) is 41.7 Å². The van der Waals surface area contributed by atoms with E-state index < -0.39 is 0 Å². The molecule has 2 heterocycles. The van der Waals surface area contributed by atoms with E-state index in [1.165, 1.54) is 11.3 Å². The fourth-order valence-electron chi connectivity index (χ4n) is 3.66. The van der Waals surface area contributed by atoms with E-state index in [1.807, 2.05) is 67.1 Å². The van der Waals surface area contributed by atoms with Crippen molar-refractivity contribution < 1.29 is 19.0 Å². The standard InChI is InChI=1S/C23H20N2O4S/c1-3-27-17-9-8-14-6-4-5-7-15(14)21(17)22(26)24-23-25(2)16-12-18-19(13-20(16)30-23)29-11-10-28-18/h4-9,12-13H,3,10-11H2,1-2H3. The highest BCUT2D eigenvalue weighted by Crippen LogP contribution is 2.35. The number of hydrogen-bond donors (Lipinski definition) is 0. The highest BCUT2D eigenvalue weighted by atomic mass is 32.1. The van der Waals surface area contributed by atoms with Gasteiger partial charge in [-0.05, 0) is 23.8 Å². The maximum Gasteiger partial charge on any atom is 0.284 e. The van der Waals surface area contributed by atoms with Gasteiger partial charge in [0, 0.05) is 19.2 Å². The third kappa shape index (κ3) is 3.11. The molecule has 1 aliphatic heterocycles. The van der Waals surface area contributed by atoms with Gasteiger partial charge in [-0.2, -0.15) is 4.99 Å². The van der Waals surface area contributed by atoms with E-state index in [0.29, 0.717) is 41.7 Å². The van der Waals surface area contributed by atoms with Gasteiger partial charge in [-0.15, -0.1) is 0 Å². The van der Waals surface area contributed by atoms with E-state index >= 15 is 0 Å². The summed E-state index contributed by atoms with van der Waals surface area (Å²) in [5.74, 6) is 1.66. The molecule has 5 rings (SSSR count). The Labute approximate surface area is 177 Å². The van der Waals surface area contributed by atoms with Gasteiger partial charge in [0.05, 0.1) is 22.4 Å². The lowest BCUT2D eigenvalue weighted by molar-refractivity contribution is 0.0996. The number of carbonyl (C=O) groups is 1. The highest BCUT2D eigenvalue weighted by molar-refractivity contribution is 7.16. The van der Waals surface area contributed by atoms with E-state index in [0.717, 1.165) is 26.7 Å². The van der Waals surface area contributed by atoms with Crippen LogP contribution < -0.4 is 19.0 Å². The van der Waals surface area contributed by atoms with E-state index in [2.05, 4.69) is 4.99 Å². The van der Waals surface area contributed by atoms with Gasteiger partial charge in [0.25, 0.3) is 5.91 Å². The van der Waals surface area contributed by atoms with E-state index in [1.54, 1.807) is 0 Å². The smallest absolute Gasteiger partial charge is 0.284 e. The fourth-order valence-corrected chi connectivity index (χ4v) is 4.69. The normalized spacial score (nSPS) is 13.7. The minimum absolute atomic E-state index is 0.324. The van der Waals surface area contributed by atoms with Crippen LogP contribution in [0.4, 0.5) is 0 Å². The van der Waals surface area contributed by atoms with Crippen LogP contribution in [0, 0.1) is 0 Å². The highest BCUT2D eigenvalue weighted by Gasteiger charge is 2.18. The molecule has 0 bridgehead atoms. The van der Waals surface area contributed by atoms with Gasteiger partial charge < -0.3 is 18.8 Å². The van der Waals surface area contributed by atoms with Crippen LogP contribution in [-0.4, -0.2) is 30.3 Å². The van der Waals surface area contributed by atoms with Crippen LogP contribution in [0.1, 0.15) is 17.3 Å². The van der Waals surface area contributed by atoms with E-state index in [9.17, 15) is 4.79 Å². The van der Waals surface area contributed by atoms with Crippen LogP contribution in [0.2, 0.25) is 0 Å². The summed E-state index contributed by atoms with van der Waals surface area (Å²) in [6.07, 6.45) is 0. The number of aromatic nitrogens is 1. The Balaban J connectivity index is 1.67. The van der Waals surface area contributed by atoms with Crippen LogP contribution in [0.25, 0.3) is 21.0 Å². The fraction of sp³-hybridized carbons (Fsp3) is 0.217. The molecule has 0 fully saturated rings. The Morgan fingerprint density at radius 1 is 1.13 bits per heavy atom. The lowest BCUT2D eigenvalue weighted by atomic mass is 10.0. The van der Waals surface area contributed by atoms with Crippen LogP contribution >= 0.6 is 11.3 Å². The lowest BCUT2D eigenvalue weighted by Crippen LogP contribution is -2.16. The maximum atomic E-state index is 13.3. The number of thiazole rings is 1. The summed E-state index contributed by atoms with van der Waals surface area (Å²) in [4.78, 5) is 18.4. The van der Waals surface area contributed by atoms with Crippen molar-refractivity contribution in [2.75, 3.05) is 19.8 Å². The molecule has 0 spiro atoms. The summed E-state index contributed by atoms with van der Waals surface area (Å²) in [5, 5.41) is 1.81. The van der Waals surface area contributed by atoms with Crippen molar-refractivity contribution >= 4 is 38.2 Å². The summed E-state index contributed by atoms with van der Waals surface area (Å²) < 4.78 is 20.0. The molecular weight excluding hydrogens is 400 g/mol. The third-order valence-electron chi connectivity index (χ3n) is 5.07. The Hall–Kier alpha value is -3.32. The number of aryl methyl sites for hydroxylation is 1. The Kier molecular flexibility index (Phi) is 4.67. The monoisotopic (exact) mass is 420 g/mol. The molecule has 1 amide bonds. The first-order chi connectivity index (χ1) is 14.7. The number of hydrogen-bond acceptors (Lipinski definition) is 5. The lowest BCUT2D eigenvalue weighted by Gasteiger charge is -2.18. The van der Waals surface area contributed by atoms with Gasteiger partial charge in [0.15, 0.2) is 16.3 Å². The number of rotatable bonds is 3. The maximum absolute atomic E-state index is 13.3. The molecule has 0 saturated carbocycles. The second kappa shape index (κ2) is 7.50. The van der Waals surface area contributed by atoms with Crippen molar-refractivity contribution in [3.63, 3.8) is 0 Å². The number of amides is 1. The molecule has 0 unspecified atom stereocenters. The van der Waals surface area contributed by atoms with Crippen LogP contribution in [-0.2, 0) is 7.05 Å². The van der Waals surface area contributed by atoms with Crippen molar-refractivity contribution in [1.29, 1.82) is 0 Å². The molecule has 0 atom stereocenters. The Morgan fingerprint density at radius 2 is 1.90 bits per heavy atom. The molecule has 4 aromatic rings. The molecule has 0 aliphatic carbocycles.